The number of aryl methyl sites for hydroxylation is 1. The van der Waals surface area contributed by atoms with Gasteiger partial charge in [0, 0.05) is 16.5 Å². The Morgan fingerprint density at radius 1 is 0.963 bits per heavy atom. The van der Waals surface area contributed by atoms with E-state index in [1.165, 1.54) is 0 Å². The number of benzene rings is 2. The number of methoxy groups -OCH3 is 1. The Kier molecular flexibility index (Phi) is 7.81. The zero-order chi connectivity index (χ0) is 19.6. The molecule has 2 aromatic rings. The van der Waals surface area contributed by atoms with E-state index >= 15 is 0 Å². The van der Waals surface area contributed by atoms with E-state index in [2.05, 4.69) is 26.8 Å². The average Bonchev–Trinajstić information content (AvgIpc) is 2.69. The molecule has 0 aliphatic rings. The minimum absolute atomic E-state index is 0.144. The van der Waals surface area contributed by atoms with Crippen molar-refractivity contribution in [1.29, 1.82) is 0 Å². The Morgan fingerprint density at radius 3 is 2.26 bits per heavy atom. The fourth-order valence-corrected chi connectivity index (χ4v) is 2.36. The molecule has 27 heavy (non-hydrogen) atoms. The van der Waals surface area contributed by atoms with Gasteiger partial charge in [0.1, 0.15) is 5.75 Å². The Labute approximate surface area is 165 Å². The Bertz CT molecular complexity index is 791. The summed E-state index contributed by atoms with van der Waals surface area (Å²) in [6.45, 7) is -0.470. The molecule has 7 nitrogen and oxygen atoms in total. The first-order valence-corrected chi connectivity index (χ1v) is 8.90. The normalized spacial score (nSPS) is 10.0. The van der Waals surface area contributed by atoms with Gasteiger partial charge in [-0.15, -0.1) is 0 Å². The lowest BCUT2D eigenvalue weighted by Gasteiger charge is -2.08. The number of hydrazine groups is 1. The largest absolute Gasteiger partial charge is 0.497 e. The molecule has 0 spiro atoms. The van der Waals surface area contributed by atoms with Crippen LogP contribution < -0.4 is 15.6 Å². The predicted octanol–water partition coefficient (Wildman–Crippen LogP) is 2.39. The van der Waals surface area contributed by atoms with Crippen LogP contribution in [0.2, 0.25) is 0 Å². The topological polar surface area (TPSA) is 93.7 Å². The molecule has 0 heterocycles. The Hall–Kier alpha value is -2.87. The summed E-state index contributed by atoms with van der Waals surface area (Å²) in [5.41, 5.74) is 5.79. The molecule has 2 N–H and O–H groups in total. The van der Waals surface area contributed by atoms with E-state index in [1.807, 2.05) is 24.3 Å². The SMILES string of the molecule is COc1ccc(CCC(=O)OCC(=O)NNC(=O)c2ccc(Br)cc2)cc1. The maximum absolute atomic E-state index is 11.8. The molecule has 0 atom stereocenters. The number of halogens is 1. The maximum atomic E-state index is 11.8. The van der Waals surface area contributed by atoms with Crippen LogP contribution in [0, 0.1) is 0 Å². The van der Waals surface area contributed by atoms with Crippen molar-refractivity contribution in [2.24, 2.45) is 0 Å². The highest BCUT2D eigenvalue weighted by Gasteiger charge is 2.10. The molecule has 0 radical (unpaired) electrons. The predicted molar refractivity (Wildman–Crippen MR) is 102 cm³/mol. The molecule has 0 bridgehead atoms. The van der Waals surface area contributed by atoms with Crippen molar-refractivity contribution in [3.8, 4) is 5.75 Å². The number of hydrogen-bond donors (Lipinski definition) is 2. The number of nitrogens with one attached hydrogen (secondary N) is 2. The van der Waals surface area contributed by atoms with Crippen LogP contribution in [0.4, 0.5) is 0 Å². The molecule has 2 rings (SSSR count). The van der Waals surface area contributed by atoms with Crippen molar-refractivity contribution in [1.82, 2.24) is 10.9 Å². The summed E-state index contributed by atoms with van der Waals surface area (Å²) < 4.78 is 10.8. The number of hydrogen-bond acceptors (Lipinski definition) is 5. The summed E-state index contributed by atoms with van der Waals surface area (Å²) in [6.07, 6.45) is 0.635. The van der Waals surface area contributed by atoms with E-state index < -0.39 is 24.4 Å². The molecule has 2 amide bonds. The Balaban J connectivity index is 1.66. The minimum atomic E-state index is -0.627. The van der Waals surface area contributed by atoms with E-state index in [0.29, 0.717) is 12.0 Å². The van der Waals surface area contributed by atoms with Crippen LogP contribution in [0.3, 0.4) is 0 Å². The smallest absolute Gasteiger partial charge is 0.306 e. The zero-order valence-electron chi connectivity index (χ0n) is 14.7. The van der Waals surface area contributed by atoms with Gasteiger partial charge in [0.25, 0.3) is 11.8 Å². The van der Waals surface area contributed by atoms with Crippen LogP contribution in [0.25, 0.3) is 0 Å². The molecule has 8 heteroatoms. The third-order valence-corrected chi connectivity index (χ3v) is 4.09. The first-order valence-electron chi connectivity index (χ1n) is 8.11. The molecule has 0 unspecified atom stereocenters. The first-order chi connectivity index (χ1) is 13.0. The lowest BCUT2D eigenvalue weighted by atomic mass is 10.1. The Morgan fingerprint density at radius 2 is 1.63 bits per heavy atom. The van der Waals surface area contributed by atoms with Crippen molar-refractivity contribution < 1.29 is 23.9 Å². The summed E-state index contributed by atoms with van der Waals surface area (Å²) in [4.78, 5) is 35.2. The second kappa shape index (κ2) is 10.3. The third-order valence-electron chi connectivity index (χ3n) is 3.56. The molecular weight excluding hydrogens is 416 g/mol. The van der Waals surface area contributed by atoms with Gasteiger partial charge in [-0.2, -0.15) is 0 Å². The maximum Gasteiger partial charge on any atom is 0.306 e. The highest BCUT2D eigenvalue weighted by atomic mass is 79.9. The molecule has 2 aromatic carbocycles. The first kappa shape index (κ1) is 20.4. The van der Waals surface area contributed by atoms with Gasteiger partial charge in [-0.3, -0.25) is 25.2 Å². The van der Waals surface area contributed by atoms with Gasteiger partial charge in [-0.1, -0.05) is 28.1 Å². The van der Waals surface area contributed by atoms with E-state index in [0.717, 1.165) is 15.8 Å². The van der Waals surface area contributed by atoms with Crippen LogP contribution in [0.15, 0.2) is 53.0 Å². The van der Waals surface area contributed by atoms with Gasteiger partial charge in [0.05, 0.1) is 7.11 Å². The molecule has 0 aliphatic heterocycles. The lowest BCUT2D eigenvalue weighted by Crippen LogP contribution is -2.43. The number of esters is 1. The fourth-order valence-electron chi connectivity index (χ4n) is 2.09. The number of carbonyl (C=O) groups is 3. The number of carbonyl (C=O) groups excluding carboxylic acids is 3. The van der Waals surface area contributed by atoms with Crippen molar-refractivity contribution in [2.75, 3.05) is 13.7 Å². The molecular formula is C19H19BrN2O5. The van der Waals surface area contributed by atoms with Crippen LogP contribution in [-0.2, 0) is 20.7 Å². The molecule has 142 valence electrons. The zero-order valence-corrected chi connectivity index (χ0v) is 16.2. The van der Waals surface area contributed by atoms with Crippen molar-refractivity contribution >= 4 is 33.7 Å². The van der Waals surface area contributed by atoms with Crippen LogP contribution in [0.5, 0.6) is 5.75 Å². The number of amides is 2. The van der Waals surface area contributed by atoms with Crippen LogP contribution >= 0.6 is 15.9 Å². The van der Waals surface area contributed by atoms with Crippen molar-refractivity contribution in [3.63, 3.8) is 0 Å². The lowest BCUT2D eigenvalue weighted by molar-refractivity contribution is -0.148. The second-order valence-electron chi connectivity index (χ2n) is 5.52. The van der Waals surface area contributed by atoms with E-state index in [4.69, 9.17) is 9.47 Å². The van der Waals surface area contributed by atoms with Gasteiger partial charge >= 0.3 is 5.97 Å². The highest BCUT2D eigenvalue weighted by Crippen LogP contribution is 2.13. The standard InChI is InChI=1S/C19H19BrN2O5/c1-26-16-9-2-13(3-10-16)4-11-18(24)27-12-17(23)21-22-19(25)14-5-7-15(20)8-6-14/h2-3,5-10H,4,11-12H2,1H3,(H,21,23)(H,22,25). The second-order valence-corrected chi connectivity index (χ2v) is 6.43. The van der Waals surface area contributed by atoms with Crippen molar-refractivity contribution in [2.45, 2.75) is 12.8 Å². The quantitative estimate of drug-likeness (QED) is 0.515. The van der Waals surface area contributed by atoms with Gasteiger partial charge in [-0.25, -0.2) is 0 Å². The summed E-state index contributed by atoms with van der Waals surface area (Å²) >= 11 is 3.27. The van der Waals surface area contributed by atoms with E-state index in [9.17, 15) is 14.4 Å². The molecule has 0 saturated heterocycles. The van der Waals surface area contributed by atoms with Gasteiger partial charge in [-0.05, 0) is 48.4 Å². The summed E-state index contributed by atoms with van der Waals surface area (Å²) in [6, 6.07) is 14.0. The number of ether oxygens (including phenoxy) is 2. The summed E-state index contributed by atoms with van der Waals surface area (Å²) in [5.74, 6) is -0.858. The number of rotatable bonds is 7. The van der Waals surface area contributed by atoms with Crippen LogP contribution in [0.1, 0.15) is 22.3 Å². The highest BCUT2D eigenvalue weighted by molar-refractivity contribution is 9.10. The van der Waals surface area contributed by atoms with Gasteiger partial charge < -0.3 is 9.47 Å². The van der Waals surface area contributed by atoms with Crippen LogP contribution in [-0.4, -0.2) is 31.5 Å². The average molecular weight is 435 g/mol. The summed E-state index contributed by atoms with van der Waals surface area (Å²) in [5, 5.41) is 0. The van der Waals surface area contributed by atoms with E-state index in [1.54, 1.807) is 31.4 Å². The van der Waals surface area contributed by atoms with Crippen molar-refractivity contribution in [3.05, 3.63) is 64.1 Å². The third kappa shape index (κ3) is 7.10. The van der Waals surface area contributed by atoms with Gasteiger partial charge in [0.15, 0.2) is 6.61 Å². The summed E-state index contributed by atoms with van der Waals surface area (Å²) in [7, 11) is 1.58. The molecule has 0 aromatic heterocycles. The minimum Gasteiger partial charge on any atom is -0.497 e. The molecule has 0 fully saturated rings. The van der Waals surface area contributed by atoms with E-state index in [-0.39, 0.29) is 6.42 Å². The molecule has 0 aliphatic carbocycles. The fraction of sp³-hybridized carbons (Fsp3) is 0.211. The monoisotopic (exact) mass is 434 g/mol. The molecule has 0 saturated carbocycles. The van der Waals surface area contributed by atoms with Gasteiger partial charge in [0.2, 0.25) is 0 Å².